The lowest BCUT2D eigenvalue weighted by Crippen LogP contribution is -2.17. The Morgan fingerprint density at radius 3 is 2.56 bits per heavy atom. The molecular formula is C20H18ClF3N4O3S. The van der Waals surface area contributed by atoms with Crippen molar-refractivity contribution in [3.05, 3.63) is 46.6 Å². The van der Waals surface area contributed by atoms with Crippen LogP contribution < -0.4 is 14.2 Å². The summed E-state index contributed by atoms with van der Waals surface area (Å²) >= 11 is 5.92. The molecule has 0 amide bonds. The predicted octanol–water partition coefficient (Wildman–Crippen LogP) is 4.98. The van der Waals surface area contributed by atoms with E-state index in [2.05, 4.69) is 19.7 Å². The van der Waals surface area contributed by atoms with Gasteiger partial charge in [-0.15, -0.1) is 23.4 Å². The van der Waals surface area contributed by atoms with Crippen LogP contribution in [0.3, 0.4) is 0 Å². The first-order valence-corrected chi connectivity index (χ1v) is 11.6. The second-order valence-corrected chi connectivity index (χ2v) is 9.74. The van der Waals surface area contributed by atoms with Gasteiger partial charge in [-0.25, -0.2) is 4.21 Å². The topological polar surface area (TPSA) is 77.8 Å². The van der Waals surface area contributed by atoms with Gasteiger partial charge in [-0.05, 0) is 60.9 Å². The van der Waals surface area contributed by atoms with Gasteiger partial charge in [0.05, 0.1) is 5.25 Å². The molecule has 0 radical (unpaired) electrons. The zero-order chi connectivity index (χ0) is 22.5. The largest absolute Gasteiger partial charge is 0.573 e. The average Bonchev–Trinajstić information content (AvgIpc) is 3.62. The van der Waals surface area contributed by atoms with E-state index in [-0.39, 0.29) is 22.6 Å². The van der Waals surface area contributed by atoms with E-state index in [1.807, 2.05) is 12.3 Å². The number of aromatic nitrogens is 3. The first kappa shape index (κ1) is 21.3. The van der Waals surface area contributed by atoms with Gasteiger partial charge >= 0.3 is 6.36 Å². The smallest absolute Gasteiger partial charge is 0.489 e. The van der Waals surface area contributed by atoms with Crippen LogP contribution in [0.15, 0.2) is 30.5 Å². The summed E-state index contributed by atoms with van der Waals surface area (Å²) in [5.74, 6) is 0.478. The molecule has 1 N–H and O–H groups in total. The van der Waals surface area contributed by atoms with E-state index in [0.717, 1.165) is 48.9 Å². The van der Waals surface area contributed by atoms with E-state index in [4.69, 9.17) is 16.3 Å². The third kappa shape index (κ3) is 4.93. The summed E-state index contributed by atoms with van der Waals surface area (Å²) in [6.07, 6.45) is 1.01. The Bertz CT molecular complexity index is 1190. The van der Waals surface area contributed by atoms with Gasteiger partial charge in [0.2, 0.25) is 5.95 Å². The van der Waals surface area contributed by atoms with E-state index in [1.165, 1.54) is 6.07 Å². The molecule has 7 nitrogen and oxygen atoms in total. The maximum atomic E-state index is 12.5. The highest BCUT2D eigenvalue weighted by Crippen LogP contribution is 2.42. The number of fused-ring (bicyclic) bond motifs is 1. The monoisotopic (exact) mass is 486 g/mol. The van der Waals surface area contributed by atoms with Crippen molar-refractivity contribution in [1.82, 2.24) is 14.6 Å². The SMILES string of the molecule is O=S(Nc1nnc2cc(COc3cc(Cl)cc(OC(F)(F)F)c3)c(C3CC3)cn12)C1CC1. The van der Waals surface area contributed by atoms with Gasteiger partial charge in [0.1, 0.15) is 29.1 Å². The number of nitrogens with one attached hydrogen (secondary N) is 1. The third-order valence-electron chi connectivity index (χ3n) is 5.17. The van der Waals surface area contributed by atoms with Crippen molar-refractivity contribution in [2.75, 3.05) is 4.72 Å². The molecule has 2 heterocycles. The van der Waals surface area contributed by atoms with Crippen molar-refractivity contribution in [3.63, 3.8) is 0 Å². The summed E-state index contributed by atoms with van der Waals surface area (Å²) in [5.41, 5.74) is 2.43. The normalized spacial score (nSPS) is 17.4. The molecule has 0 saturated heterocycles. The Hall–Kier alpha value is -2.53. The lowest BCUT2D eigenvalue weighted by atomic mass is 10.1. The molecule has 2 aliphatic rings. The number of pyridine rings is 1. The number of halogens is 4. The fourth-order valence-corrected chi connectivity index (χ4v) is 4.64. The van der Waals surface area contributed by atoms with Crippen molar-refractivity contribution in [2.45, 2.75) is 49.8 Å². The molecule has 0 bridgehead atoms. The van der Waals surface area contributed by atoms with E-state index < -0.39 is 23.1 Å². The van der Waals surface area contributed by atoms with Crippen LogP contribution in [-0.4, -0.2) is 30.4 Å². The minimum absolute atomic E-state index is 0.0662. The predicted molar refractivity (Wildman–Crippen MR) is 112 cm³/mol. The summed E-state index contributed by atoms with van der Waals surface area (Å²) in [6.45, 7) is 0.109. The lowest BCUT2D eigenvalue weighted by Gasteiger charge is -2.14. The van der Waals surface area contributed by atoms with Crippen LogP contribution in [-0.2, 0) is 17.6 Å². The molecular weight excluding hydrogens is 469 g/mol. The van der Waals surface area contributed by atoms with Crippen LogP contribution in [0.4, 0.5) is 19.1 Å². The van der Waals surface area contributed by atoms with Crippen LogP contribution in [0.1, 0.15) is 42.7 Å². The summed E-state index contributed by atoms with van der Waals surface area (Å²) in [4.78, 5) is 0. The van der Waals surface area contributed by atoms with Crippen molar-refractivity contribution in [2.24, 2.45) is 0 Å². The number of anilines is 1. The number of alkyl halides is 3. The lowest BCUT2D eigenvalue weighted by molar-refractivity contribution is -0.274. The Kier molecular flexibility index (Phi) is 5.40. The Labute approximate surface area is 188 Å². The maximum absolute atomic E-state index is 12.5. The zero-order valence-electron chi connectivity index (χ0n) is 16.6. The highest BCUT2D eigenvalue weighted by Gasteiger charge is 2.32. The van der Waals surface area contributed by atoms with Crippen molar-refractivity contribution in [3.8, 4) is 11.5 Å². The minimum Gasteiger partial charge on any atom is -0.489 e. The number of hydrogen-bond acceptors (Lipinski definition) is 5. The van der Waals surface area contributed by atoms with Gasteiger partial charge in [0.25, 0.3) is 0 Å². The summed E-state index contributed by atoms with van der Waals surface area (Å²) < 4.78 is 64.2. The van der Waals surface area contributed by atoms with Crippen LogP contribution in [0.2, 0.25) is 5.02 Å². The summed E-state index contributed by atoms with van der Waals surface area (Å²) in [5, 5.41) is 8.48. The van der Waals surface area contributed by atoms with E-state index >= 15 is 0 Å². The Morgan fingerprint density at radius 2 is 1.88 bits per heavy atom. The first-order chi connectivity index (χ1) is 15.2. The molecule has 32 heavy (non-hydrogen) atoms. The fourth-order valence-electron chi connectivity index (χ4n) is 3.38. The molecule has 0 spiro atoms. The van der Waals surface area contributed by atoms with Gasteiger partial charge in [-0.2, -0.15) is 0 Å². The van der Waals surface area contributed by atoms with Gasteiger partial charge in [-0.3, -0.25) is 9.12 Å². The van der Waals surface area contributed by atoms with Crippen LogP contribution >= 0.6 is 11.6 Å². The molecule has 1 unspecified atom stereocenters. The molecule has 3 aromatic rings. The Balaban J connectivity index is 1.38. The molecule has 0 aliphatic heterocycles. The number of ether oxygens (including phenoxy) is 2. The first-order valence-electron chi connectivity index (χ1n) is 9.99. The molecule has 2 aromatic heterocycles. The summed E-state index contributed by atoms with van der Waals surface area (Å²) in [6, 6.07) is 5.46. The van der Waals surface area contributed by atoms with Gasteiger partial charge in [0, 0.05) is 17.3 Å². The second-order valence-electron chi connectivity index (χ2n) is 7.84. The Morgan fingerprint density at radius 1 is 1.12 bits per heavy atom. The minimum atomic E-state index is -4.82. The van der Waals surface area contributed by atoms with Gasteiger partial charge < -0.3 is 9.47 Å². The van der Waals surface area contributed by atoms with Crippen LogP contribution in [0.25, 0.3) is 5.65 Å². The van der Waals surface area contributed by atoms with Crippen molar-refractivity contribution < 1.29 is 26.9 Å². The number of nitrogens with zero attached hydrogens (tertiary/aromatic N) is 3. The molecule has 1 atom stereocenters. The van der Waals surface area contributed by atoms with Gasteiger partial charge in [0.15, 0.2) is 5.65 Å². The van der Waals surface area contributed by atoms with Gasteiger partial charge in [-0.1, -0.05) is 11.6 Å². The number of benzene rings is 1. The highest BCUT2D eigenvalue weighted by atomic mass is 35.5. The van der Waals surface area contributed by atoms with Crippen molar-refractivity contribution in [1.29, 1.82) is 0 Å². The molecule has 12 heteroatoms. The molecule has 2 aliphatic carbocycles. The number of rotatable bonds is 8. The van der Waals surface area contributed by atoms with Crippen LogP contribution in [0, 0.1) is 0 Å². The average molecular weight is 487 g/mol. The molecule has 1 aromatic carbocycles. The molecule has 5 rings (SSSR count). The molecule has 170 valence electrons. The quantitative estimate of drug-likeness (QED) is 0.486. The standard InChI is InChI=1S/C20H18ClF3N4O3S/c21-13-6-14(8-15(7-13)31-20(22,23)24)30-10-12-5-18-25-26-19(27-32(29)16-3-4-16)28(18)9-17(12)11-1-2-11/h5-9,11,16H,1-4,10H2,(H,26,27). The van der Waals surface area contributed by atoms with E-state index in [9.17, 15) is 17.4 Å². The molecule has 2 saturated carbocycles. The fraction of sp³-hybridized carbons (Fsp3) is 0.400. The van der Waals surface area contributed by atoms with Crippen molar-refractivity contribution >= 4 is 34.2 Å². The third-order valence-corrected chi connectivity index (χ3v) is 6.85. The summed E-state index contributed by atoms with van der Waals surface area (Å²) in [7, 11) is -1.20. The van der Waals surface area contributed by atoms with E-state index in [0.29, 0.717) is 17.5 Å². The van der Waals surface area contributed by atoms with Crippen LogP contribution in [0.5, 0.6) is 11.5 Å². The zero-order valence-corrected chi connectivity index (χ0v) is 18.1. The molecule has 2 fully saturated rings. The maximum Gasteiger partial charge on any atom is 0.573 e. The second kappa shape index (κ2) is 8.11. The number of hydrogen-bond donors (Lipinski definition) is 1. The van der Waals surface area contributed by atoms with E-state index in [1.54, 1.807) is 4.40 Å². The highest BCUT2D eigenvalue weighted by molar-refractivity contribution is 7.87.